The number of nitro groups is 1. The highest BCUT2D eigenvalue weighted by molar-refractivity contribution is 5.90. The molecule has 0 N–H and O–H groups in total. The van der Waals surface area contributed by atoms with Gasteiger partial charge in [0.15, 0.2) is 0 Å². The third kappa shape index (κ3) is 2.25. The van der Waals surface area contributed by atoms with Crippen LogP contribution in [0.1, 0.15) is 56.0 Å². The fraction of sp³-hybridized carbons (Fsp3) is 0.611. The van der Waals surface area contributed by atoms with Crippen LogP contribution in [0.5, 0.6) is 0 Å². The lowest BCUT2D eigenvalue weighted by molar-refractivity contribution is -0.385. The molecule has 2 aliphatic rings. The summed E-state index contributed by atoms with van der Waals surface area (Å²) < 4.78 is 5.82. The largest absolute Gasteiger partial charge is 0.458 e. The van der Waals surface area contributed by atoms with Gasteiger partial charge in [-0.1, -0.05) is 20.8 Å². The maximum Gasteiger partial charge on any atom is 0.338 e. The Morgan fingerprint density at radius 1 is 1.35 bits per heavy atom. The van der Waals surface area contributed by atoms with Crippen LogP contribution < -0.4 is 0 Å². The number of rotatable bonds is 3. The van der Waals surface area contributed by atoms with Gasteiger partial charge in [0.2, 0.25) is 0 Å². The molecule has 0 spiro atoms. The van der Waals surface area contributed by atoms with E-state index < -0.39 is 4.92 Å². The maximum absolute atomic E-state index is 12.5. The first kappa shape index (κ1) is 16.0. The van der Waals surface area contributed by atoms with E-state index in [1.54, 1.807) is 13.0 Å². The summed E-state index contributed by atoms with van der Waals surface area (Å²) in [7, 11) is 0. The van der Waals surface area contributed by atoms with Crippen molar-refractivity contribution in [2.75, 3.05) is 0 Å². The monoisotopic (exact) mass is 317 g/mol. The van der Waals surface area contributed by atoms with Crippen molar-refractivity contribution in [3.05, 3.63) is 39.4 Å². The Kier molecular flexibility index (Phi) is 3.50. The molecule has 5 nitrogen and oxygen atoms in total. The maximum atomic E-state index is 12.5. The Balaban J connectivity index is 1.79. The van der Waals surface area contributed by atoms with Crippen LogP contribution in [0.15, 0.2) is 18.2 Å². The first-order valence-corrected chi connectivity index (χ1v) is 8.13. The number of aryl methyl sites for hydroxylation is 1. The number of esters is 1. The van der Waals surface area contributed by atoms with Crippen molar-refractivity contribution in [3.8, 4) is 0 Å². The summed E-state index contributed by atoms with van der Waals surface area (Å²) >= 11 is 0. The molecule has 2 fully saturated rings. The number of fused-ring (bicyclic) bond motifs is 2. The van der Waals surface area contributed by atoms with E-state index in [2.05, 4.69) is 20.8 Å². The number of benzene rings is 1. The van der Waals surface area contributed by atoms with Crippen LogP contribution in [0.3, 0.4) is 0 Å². The summed E-state index contributed by atoms with van der Waals surface area (Å²) in [6, 6.07) is 4.40. The summed E-state index contributed by atoms with van der Waals surface area (Å²) in [6.07, 6.45) is 3.14. The van der Waals surface area contributed by atoms with Crippen LogP contribution >= 0.6 is 0 Å². The predicted octanol–water partition coefficient (Wildman–Crippen LogP) is 4.27. The van der Waals surface area contributed by atoms with Crippen molar-refractivity contribution < 1.29 is 14.5 Å². The third-order valence-corrected chi connectivity index (χ3v) is 6.59. The predicted molar refractivity (Wildman–Crippen MR) is 86.3 cm³/mol. The highest BCUT2D eigenvalue weighted by Crippen LogP contribution is 2.66. The van der Waals surface area contributed by atoms with Crippen molar-refractivity contribution in [1.29, 1.82) is 0 Å². The molecule has 0 aliphatic heterocycles. The summed E-state index contributed by atoms with van der Waals surface area (Å²) in [6.45, 7) is 8.40. The molecular weight excluding hydrogens is 294 g/mol. The van der Waals surface area contributed by atoms with Crippen LogP contribution in [-0.2, 0) is 4.74 Å². The Morgan fingerprint density at radius 2 is 2.04 bits per heavy atom. The van der Waals surface area contributed by atoms with Gasteiger partial charge in [-0.25, -0.2) is 4.79 Å². The van der Waals surface area contributed by atoms with Crippen LogP contribution in [0.25, 0.3) is 0 Å². The van der Waals surface area contributed by atoms with E-state index in [1.807, 2.05) is 0 Å². The topological polar surface area (TPSA) is 69.4 Å². The lowest BCUT2D eigenvalue weighted by atomic mass is 9.70. The lowest BCUT2D eigenvalue weighted by Gasteiger charge is -2.38. The van der Waals surface area contributed by atoms with Gasteiger partial charge in [0.1, 0.15) is 6.10 Å². The normalized spacial score (nSPS) is 31.1. The SMILES string of the molecule is Cc1cc(C(=O)OC2CC3CCC2(C)C3(C)C)ccc1[N+](=O)[O-]. The molecule has 1 aromatic carbocycles. The van der Waals surface area contributed by atoms with Crippen LogP contribution in [0.2, 0.25) is 0 Å². The van der Waals surface area contributed by atoms with Crippen molar-refractivity contribution in [3.63, 3.8) is 0 Å². The fourth-order valence-electron chi connectivity index (χ4n) is 4.49. The van der Waals surface area contributed by atoms with E-state index in [0.717, 1.165) is 12.8 Å². The molecule has 23 heavy (non-hydrogen) atoms. The fourth-order valence-corrected chi connectivity index (χ4v) is 4.49. The standard InChI is InChI=1S/C18H23NO4/c1-11-9-12(5-6-14(11)19(21)22)16(20)23-15-10-13-7-8-18(15,4)17(13,2)3/h5-6,9,13,15H,7-8,10H2,1-4H3. The number of carbonyl (C=O) groups is 1. The summed E-state index contributed by atoms with van der Waals surface area (Å²) in [4.78, 5) is 22.9. The molecule has 0 heterocycles. The second kappa shape index (κ2) is 5.05. The molecule has 2 saturated carbocycles. The van der Waals surface area contributed by atoms with Gasteiger partial charge in [0, 0.05) is 17.0 Å². The second-order valence-corrected chi connectivity index (χ2v) is 7.76. The van der Waals surface area contributed by atoms with Crippen molar-refractivity contribution in [2.45, 2.75) is 53.1 Å². The molecule has 3 unspecified atom stereocenters. The lowest BCUT2D eigenvalue weighted by Crippen LogP contribution is -2.38. The van der Waals surface area contributed by atoms with Gasteiger partial charge in [-0.3, -0.25) is 10.1 Å². The van der Waals surface area contributed by atoms with Crippen LogP contribution in [-0.4, -0.2) is 17.0 Å². The van der Waals surface area contributed by atoms with E-state index in [0.29, 0.717) is 17.0 Å². The zero-order valence-corrected chi connectivity index (χ0v) is 14.1. The average molecular weight is 317 g/mol. The minimum atomic E-state index is -0.441. The molecule has 3 atom stereocenters. The van der Waals surface area contributed by atoms with Crippen LogP contribution in [0, 0.1) is 33.8 Å². The second-order valence-electron chi connectivity index (χ2n) is 7.76. The van der Waals surface area contributed by atoms with Crippen molar-refractivity contribution >= 4 is 11.7 Å². The summed E-state index contributed by atoms with van der Waals surface area (Å²) in [5.74, 6) is 0.224. The number of nitro benzene ring substituents is 1. The van der Waals surface area contributed by atoms with Gasteiger partial charge < -0.3 is 4.74 Å². The Bertz CT molecular complexity index is 682. The highest BCUT2D eigenvalue weighted by atomic mass is 16.6. The molecular formula is C18H23NO4. The van der Waals surface area contributed by atoms with Gasteiger partial charge in [-0.05, 0) is 49.7 Å². The number of ether oxygens (including phenoxy) is 1. The van der Waals surface area contributed by atoms with Gasteiger partial charge >= 0.3 is 5.97 Å². The molecule has 1 aromatic rings. The zero-order chi connectivity index (χ0) is 17.0. The first-order chi connectivity index (χ1) is 10.7. The van der Waals surface area contributed by atoms with Gasteiger partial charge in [0.25, 0.3) is 5.69 Å². The van der Waals surface area contributed by atoms with Gasteiger partial charge in [0.05, 0.1) is 10.5 Å². The van der Waals surface area contributed by atoms with Crippen molar-refractivity contribution in [2.24, 2.45) is 16.7 Å². The molecule has 0 aromatic heterocycles. The van der Waals surface area contributed by atoms with E-state index in [4.69, 9.17) is 4.74 Å². The Morgan fingerprint density at radius 3 is 2.52 bits per heavy atom. The summed E-state index contributed by atoms with van der Waals surface area (Å²) in [5.41, 5.74) is 1.09. The number of nitrogens with zero attached hydrogens (tertiary/aromatic N) is 1. The Labute approximate surface area is 136 Å². The summed E-state index contributed by atoms with van der Waals surface area (Å²) in [5, 5.41) is 10.9. The van der Waals surface area contributed by atoms with E-state index >= 15 is 0 Å². The van der Waals surface area contributed by atoms with E-state index in [-0.39, 0.29) is 28.6 Å². The van der Waals surface area contributed by atoms with Crippen molar-refractivity contribution in [1.82, 2.24) is 0 Å². The third-order valence-electron chi connectivity index (χ3n) is 6.59. The molecule has 2 bridgehead atoms. The minimum Gasteiger partial charge on any atom is -0.458 e. The van der Waals surface area contributed by atoms with Gasteiger partial charge in [-0.15, -0.1) is 0 Å². The Hall–Kier alpha value is -1.91. The molecule has 0 amide bonds. The van der Waals surface area contributed by atoms with E-state index in [9.17, 15) is 14.9 Å². The molecule has 0 saturated heterocycles. The van der Waals surface area contributed by atoms with Crippen LogP contribution in [0.4, 0.5) is 5.69 Å². The molecule has 0 radical (unpaired) electrons. The average Bonchev–Trinajstić information content (AvgIpc) is 2.80. The molecule has 2 aliphatic carbocycles. The first-order valence-electron chi connectivity index (χ1n) is 8.13. The number of carbonyl (C=O) groups excluding carboxylic acids is 1. The zero-order valence-electron chi connectivity index (χ0n) is 14.1. The van der Waals surface area contributed by atoms with E-state index in [1.165, 1.54) is 18.6 Å². The minimum absolute atomic E-state index is 0.0170. The number of hydrogen-bond acceptors (Lipinski definition) is 4. The molecule has 3 rings (SSSR count). The smallest absolute Gasteiger partial charge is 0.338 e. The quantitative estimate of drug-likeness (QED) is 0.474. The van der Waals surface area contributed by atoms with Gasteiger partial charge in [-0.2, -0.15) is 0 Å². The molecule has 5 heteroatoms. The molecule has 124 valence electrons. The number of hydrogen-bond donors (Lipinski definition) is 0. The highest BCUT2D eigenvalue weighted by Gasteiger charge is 2.62.